The lowest BCUT2D eigenvalue weighted by Gasteiger charge is -2.25. The third-order valence-electron chi connectivity index (χ3n) is 7.70. The van der Waals surface area contributed by atoms with E-state index in [2.05, 4.69) is 189 Å². The number of benzene rings is 6. The Morgan fingerprint density at radius 2 is 0.953 bits per heavy atom. The monoisotopic (exact) mass is 556 g/mol. The molecule has 0 aliphatic heterocycles. The third-order valence-corrected chi connectivity index (χ3v) is 7.70. The van der Waals surface area contributed by atoms with Gasteiger partial charge in [-0.05, 0) is 91.9 Å². The van der Waals surface area contributed by atoms with Crippen molar-refractivity contribution in [2.24, 2.45) is 0 Å². The topological polar surface area (TPSA) is 15.3 Å². The molecule has 6 aromatic carbocycles. The Balaban J connectivity index is 1.20. The molecule has 43 heavy (non-hydrogen) atoms. The number of aryl methyl sites for hydroxylation is 3. The molecule has 0 aliphatic rings. The first-order valence-corrected chi connectivity index (χ1v) is 14.8. The number of anilines is 5. The minimum Gasteiger partial charge on any atom is -0.355 e. The SMILES string of the molecule is Cc1ccc(Nc2ccc(/C=C/C=C/c3ccc(N(c4ccc(C)cc4)c4ccc(C)cc4)cc3)c3ccccc23)cc1. The minimum atomic E-state index is 1.09. The quantitative estimate of drug-likeness (QED) is 0.188. The highest BCUT2D eigenvalue weighted by atomic mass is 15.1. The smallest absolute Gasteiger partial charge is 0.0464 e. The van der Waals surface area contributed by atoms with Crippen LogP contribution in [0.1, 0.15) is 27.8 Å². The number of nitrogens with zero attached hydrogens (tertiary/aromatic N) is 1. The summed E-state index contributed by atoms with van der Waals surface area (Å²) in [4.78, 5) is 2.30. The predicted molar refractivity (Wildman–Crippen MR) is 187 cm³/mol. The molecule has 0 atom stereocenters. The first-order valence-electron chi connectivity index (χ1n) is 14.8. The van der Waals surface area contributed by atoms with E-state index in [0.717, 1.165) is 34.0 Å². The summed E-state index contributed by atoms with van der Waals surface area (Å²) in [5.74, 6) is 0. The van der Waals surface area contributed by atoms with Gasteiger partial charge in [-0.15, -0.1) is 0 Å². The van der Waals surface area contributed by atoms with E-state index in [0.29, 0.717) is 0 Å². The number of hydrogen-bond acceptors (Lipinski definition) is 2. The van der Waals surface area contributed by atoms with Crippen molar-refractivity contribution < 1.29 is 0 Å². The average Bonchev–Trinajstić information content (AvgIpc) is 3.04. The predicted octanol–water partition coefficient (Wildman–Crippen LogP) is 11.7. The summed E-state index contributed by atoms with van der Waals surface area (Å²) in [5, 5.41) is 6.01. The molecular formula is C41H36N2. The second-order valence-electron chi connectivity index (χ2n) is 11.1. The van der Waals surface area contributed by atoms with Gasteiger partial charge < -0.3 is 10.2 Å². The number of hydrogen-bond donors (Lipinski definition) is 1. The first kappa shape index (κ1) is 27.8. The summed E-state index contributed by atoms with van der Waals surface area (Å²) >= 11 is 0. The highest BCUT2D eigenvalue weighted by Gasteiger charge is 2.12. The van der Waals surface area contributed by atoms with Gasteiger partial charge in [0, 0.05) is 33.8 Å². The van der Waals surface area contributed by atoms with Crippen molar-refractivity contribution in [3.05, 3.63) is 173 Å². The Morgan fingerprint density at radius 1 is 0.465 bits per heavy atom. The molecule has 1 N–H and O–H groups in total. The largest absolute Gasteiger partial charge is 0.355 e. The van der Waals surface area contributed by atoms with Gasteiger partial charge in [0.05, 0.1) is 0 Å². The number of nitrogens with one attached hydrogen (secondary N) is 1. The molecule has 0 saturated carbocycles. The fraction of sp³-hybridized carbons (Fsp3) is 0.0732. The van der Waals surface area contributed by atoms with Crippen LogP contribution >= 0.6 is 0 Å². The molecule has 0 unspecified atom stereocenters. The molecule has 2 heteroatoms. The zero-order chi connectivity index (χ0) is 29.6. The molecule has 210 valence electrons. The van der Waals surface area contributed by atoms with E-state index < -0.39 is 0 Å². The van der Waals surface area contributed by atoms with Crippen LogP contribution in [-0.2, 0) is 0 Å². The molecule has 0 amide bonds. The second kappa shape index (κ2) is 12.7. The molecule has 0 fully saturated rings. The summed E-state index contributed by atoms with van der Waals surface area (Å²) in [5.41, 5.74) is 11.7. The van der Waals surface area contributed by atoms with Crippen molar-refractivity contribution in [2.75, 3.05) is 10.2 Å². The second-order valence-corrected chi connectivity index (χ2v) is 11.1. The van der Waals surface area contributed by atoms with Crippen molar-refractivity contribution in [1.29, 1.82) is 0 Å². The van der Waals surface area contributed by atoms with Crippen LogP contribution in [0.3, 0.4) is 0 Å². The standard InChI is InChI=1S/C41H36N2/c1-30-12-21-35(22-13-30)42-41-29-20-34(39-10-6-7-11-40(39)41)9-5-4-8-33-18-27-38(28-19-33)43(36-23-14-31(2)15-24-36)37-25-16-32(3)17-26-37/h4-29,42H,1-3H3/b8-4+,9-5+. The van der Waals surface area contributed by atoms with E-state index in [4.69, 9.17) is 0 Å². The summed E-state index contributed by atoms with van der Waals surface area (Å²) < 4.78 is 0. The molecule has 0 aliphatic carbocycles. The fourth-order valence-electron chi connectivity index (χ4n) is 5.26. The van der Waals surface area contributed by atoms with Gasteiger partial charge in [-0.25, -0.2) is 0 Å². The maximum atomic E-state index is 3.59. The molecule has 6 aromatic rings. The summed E-state index contributed by atoms with van der Waals surface area (Å²) in [6.45, 7) is 6.35. The molecule has 0 spiro atoms. The van der Waals surface area contributed by atoms with Crippen molar-refractivity contribution in [3.63, 3.8) is 0 Å². The van der Waals surface area contributed by atoms with Crippen molar-refractivity contribution in [2.45, 2.75) is 20.8 Å². The molecule has 2 nitrogen and oxygen atoms in total. The van der Waals surface area contributed by atoms with E-state index in [1.54, 1.807) is 0 Å². The van der Waals surface area contributed by atoms with Gasteiger partial charge in [0.15, 0.2) is 0 Å². The van der Waals surface area contributed by atoms with Crippen molar-refractivity contribution in [1.82, 2.24) is 0 Å². The normalized spacial score (nSPS) is 11.4. The van der Waals surface area contributed by atoms with Gasteiger partial charge >= 0.3 is 0 Å². The zero-order valence-electron chi connectivity index (χ0n) is 25.0. The molecule has 0 saturated heterocycles. The lowest BCUT2D eigenvalue weighted by Crippen LogP contribution is -2.09. The molecule has 0 radical (unpaired) electrons. The summed E-state index contributed by atoms with van der Waals surface area (Å²) in [6, 6.07) is 47.5. The first-order chi connectivity index (χ1) is 21.0. The Morgan fingerprint density at radius 3 is 1.53 bits per heavy atom. The van der Waals surface area contributed by atoms with Gasteiger partial charge in [-0.3, -0.25) is 0 Å². The Kier molecular flexibility index (Phi) is 8.19. The van der Waals surface area contributed by atoms with E-state index in [1.165, 1.54) is 33.0 Å². The summed E-state index contributed by atoms with van der Waals surface area (Å²) in [6.07, 6.45) is 8.56. The van der Waals surface area contributed by atoms with Crippen LogP contribution in [0.4, 0.5) is 28.4 Å². The van der Waals surface area contributed by atoms with Gasteiger partial charge in [-0.1, -0.05) is 120 Å². The van der Waals surface area contributed by atoms with Crippen LogP contribution in [0.25, 0.3) is 22.9 Å². The third kappa shape index (κ3) is 6.60. The van der Waals surface area contributed by atoms with E-state index in [9.17, 15) is 0 Å². The van der Waals surface area contributed by atoms with Gasteiger partial charge in [-0.2, -0.15) is 0 Å². The molecule has 6 rings (SSSR count). The molecule has 0 bridgehead atoms. The van der Waals surface area contributed by atoms with E-state index >= 15 is 0 Å². The Labute approximate surface area is 255 Å². The molecule has 0 aromatic heterocycles. The van der Waals surface area contributed by atoms with Crippen LogP contribution in [0.15, 0.2) is 146 Å². The highest BCUT2D eigenvalue weighted by molar-refractivity contribution is 6.00. The van der Waals surface area contributed by atoms with Crippen LogP contribution in [0.2, 0.25) is 0 Å². The number of allylic oxidation sites excluding steroid dienone is 2. The van der Waals surface area contributed by atoms with Gasteiger partial charge in [0.25, 0.3) is 0 Å². The van der Waals surface area contributed by atoms with Crippen LogP contribution in [0.5, 0.6) is 0 Å². The zero-order valence-corrected chi connectivity index (χ0v) is 25.0. The highest BCUT2D eigenvalue weighted by Crippen LogP contribution is 2.35. The van der Waals surface area contributed by atoms with Crippen molar-refractivity contribution >= 4 is 51.4 Å². The number of fused-ring (bicyclic) bond motifs is 1. The van der Waals surface area contributed by atoms with Gasteiger partial charge in [0.2, 0.25) is 0 Å². The van der Waals surface area contributed by atoms with Crippen LogP contribution in [0, 0.1) is 20.8 Å². The fourth-order valence-corrected chi connectivity index (χ4v) is 5.26. The Hall–Kier alpha value is -5.34. The van der Waals surface area contributed by atoms with E-state index in [1.807, 2.05) is 0 Å². The lowest BCUT2D eigenvalue weighted by molar-refractivity contribution is 1.27. The van der Waals surface area contributed by atoms with E-state index in [-0.39, 0.29) is 0 Å². The van der Waals surface area contributed by atoms with Crippen molar-refractivity contribution in [3.8, 4) is 0 Å². The average molecular weight is 557 g/mol. The van der Waals surface area contributed by atoms with Crippen LogP contribution in [-0.4, -0.2) is 0 Å². The molecular weight excluding hydrogens is 520 g/mol. The lowest BCUT2D eigenvalue weighted by atomic mass is 10.0. The van der Waals surface area contributed by atoms with Gasteiger partial charge in [0.1, 0.15) is 0 Å². The summed E-state index contributed by atoms with van der Waals surface area (Å²) in [7, 11) is 0. The Bertz CT molecular complexity index is 1830. The van der Waals surface area contributed by atoms with Crippen LogP contribution < -0.4 is 10.2 Å². The maximum Gasteiger partial charge on any atom is 0.0464 e. The number of rotatable bonds is 8. The molecule has 0 heterocycles. The minimum absolute atomic E-state index is 1.09. The maximum absolute atomic E-state index is 3.59.